The second-order valence-corrected chi connectivity index (χ2v) is 4.98. The number of aromatic nitrogens is 3. The van der Waals surface area contributed by atoms with Crippen molar-refractivity contribution in [3.8, 4) is 0 Å². The first-order valence-electron chi connectivity index (χ1n) is 5.67. The molecule has 0 unspecified atom stereocenters. The van der Waals surface area contributed by atoms with Crippen molar-refractivity contribution in [2.75, 3.05) is 11.9 Å². The fraction of sp³-hybridized carbons (Fsp3) is 0.250. The molecule has 0 atom stereocenters. The van der Waals surface area contributed by atoms with Crippen molar-refractivity contribution in [2.45, 2.75) is 6.42 Å². The summed E-state index contributed by atoms with van der Waals surface area (Å²) in [4.78, 5) is 10.9. The molecule has 0 amide bonds. The predicted octanol–water partition coefficient (Wildman–Crippen LogP) is 1.93. The van der Waals surface area contributed by atoms with Gasteiger partial charge in [0.05, 0.1) is 5.56 Å². The van der Waals surface area contributed by atoms with Gasteiger partial charge in [-0.05, 0) is 18.2 Å². The van der Waals surface area contributed by atoms with Gasteiger partial charge in [-0.2, -0.15) is 0 Å². The normalized spacial score (nSPS) is 10.4. The maximum atomic E-state index is 10.9. The number of carbonyl (C=O) groups is 1. The van der Waals surface area contributed by atoms with Crippen LogP contribution in [0.1, 0.15) is 16.2 Å². The van der Waals surface area contributed by atoms with Crippen molar-refractivity contribution in [3.63, 3.8) is 0 Å². The van der Waals surface area contributed by atoms with Crippen molar-refractivity contribution >= 4 is 27.6 Å². The van der Waals surface area contributed by atoms with E-state index in [1.165, 1.54) is 0 Å². The zero-order valence-corrected chi connectivity index (χ0v) is 11.9. The Bertz CT molecular complexity index is 597. The summed E-state index contributed by atoms with van der Waals surface area (Å²) in [7, 11) is 1.89. The monoisotopic (exact) mass is 324 g/mol. The van der Waals surface area contributed by atoms with Gasteiger partial charge in [0.2, 0.25) is 0 Å². The van der Waals surface area contributed by atoms with E-state index >= 15 is 0 Å². The fourth-order valence-corrected chi connectivity index (χ4v) is 2.16. The molecular formula is C12H13BrN4O2. The molecule has 0 aliphatic heterocycles. The van der Waals surface area contributed by atoms with E-state index in [0.717, 1.165) is 16.0 Å². The number of carboxylic acid groups (broad SMARTS) is 1. The molecule has 2 aromatic rings. The number of nitrogens with zero attached hydrogens (tertiary/aromatic N) is 3. The third-order valence-electron chi connectivity index (χ3n) is 2.63. The molecule has 0 saturated heterocycles. The second kappa shape index (κ2) is 5.83. The lowest BCUT2D eigenvalue weighted by atomic mass is 10.2. The van der Waals surface area contributed by atoms with Gasteiger partial charge in [-0.1, -0.05) is 15.9 Å². The zero-order valence-electron chi connectivity index (χ0n) is 10.3. The molecule has 19 heavy (non-hydrogen) atoms. The van der Waals surface area contributed by atoms with E-state index in [-0.39, 0.29) is 5.56 Å². The zero-order chi connectivity index (χ0) is 13.8. The van der Waals surface area contributed by atoms with Crippen LogP contribution < -0.4 is 5.32 Å². The molecule has 0 fully saturated rings. The quantitative estimate of drug-likeness (QED) is 0.878. The van der Waals surface area contributed by atoms with Crippen LogP contribution in [0.3, 0.4) is 0 Å². The molecule has 1 heterocycles. The third-order valence-corrected chi connectivity index (χ3v) is 3.09. The molecule has 7 heteroatoms. The number of aryl methyl sites for hydroxylation is 1. The minimum Gasteiger partial charge on any atom is -0.478 e. The van der Waals surface area contributed by atoms with E-state index in [2.05, 4.69) is 31.4 Å². The van der Waals surface area contributed by atoms with Crippen LogP contribution in [0.4, 0.5) is 5.69 Å². The molecule has 0 bridgehead atoms. The van der Waals surface area contributed by atoms with Gasteiger partial charge in [-0.3, -0.25) is 0 Å². The standard InChI is InChI=1S/C12H13BrN4O2/c1-17-7-15-16-11(17)2-3-14-10-5-8(12(18)19)4-9(13)6-10/h4-7,14H,2-3H2,1H3,(H,18,19). The first-order chi connectivity index (χ1) is 9.06. The Balaban J connectivity index is 2.00. The number of aromatic carboxylic acids is 1. The Labute approximate surface area is 118 Å². The maximum Gasteiger partial charge on any atom is 0.335 e. The highest BCUT2D eigenvalue weighted by Crippen LogP contribution is 2.19. The van der Waals surface area contributed by atoms with E-state index in [4.69, 9.17) is 5.11 Å². The molecule has 6 nitrogen and oxygen atoms in total. The SMILES string of the molecule is Cn1cnnc1CCNc1cc(Br)cc(C(=O)O)c1. The van der Waals surface area contributed by atoms with Gasteiger partial charge in [0.1, 0.15) is 12.2 Å². The highest BCUT2D eigenvalue weighted by Gasteiger charge is 2.06. The molecule has 0 saturated carbocycles. The van der Waals surface area contributed by atoms with Crippen LogP contribution in [0, 0.1) is 0 Å². The molecule has 0 radical (unpaired) electrons. The molecule has 2 rings (SSSR count). The van der Waals surface area contributed by atoms with Gasteiger partial charge in [0.25, 0.3) is 0 Å². The summed E-state index contributed by atoms with van der Waals surface area (Å²) in [6.07, 6.45) is 2.36. The maximum absolute atomic E-state index is 10.9. The molecule has 1 aromatic heterocycles. The Morgan fingerprint density at radius 1 is 1.47 bits per heavy atom. The van der Waals surface area contributed by atoms with Crippen molar-refractivity contribution in [3.05, 3.63) is 40.4 Å². The van der Waals surface area contributed by atoms with E-state index in [1.54, 1.807) is 18.5 Å². The van der Waals surface area contributed by atoms with Gasteiger partial charge in [0.15, 0.2) is 0 Å². The number of hydrogen-bond acceptors (Lipinski definition) is 4. The van der Waals surface area contributed by atoms with E-state index in [9.17, 15) is 4.79 Å². The molecule has 1 aromatic carbocycles. The number of carboxylic acids is 1. The summed E-state index contributed by atoms with van der Waals surface area (Å²) in [5.74, 6) is -0.0707. The van der Waals surface area contributed by atoms with Crippen LogP contribution in [0.25, 0.3) is 0 Å². The number of halogens is 1. The van der Waals surface area contributed by atoms with E-state index in [0.29, 0.717) is 13.0 Å². The largest absolute Gasteiger partial charge is 0.478 e. The summed E-state index contributed by atoms with van der Waals surface area (Å²) in [5.41, 5.74) is 1.00. The van der Waals surface area contributed by atoms with Crippen LogP contribution >= 0.6 is 15.9 Å². The van der Waals surface area contributed by atoms with E-state index in [1.807, 2.05) is 17.7 Å². The average molecular weight is 325 g/mol. The lowest BCUT2D eigenvalue weighted by Gasteiger charge is -2.08. The van der Waals surface area contributed by atoms with Gasteiger partial charge >= 0.3 is 5.97 Å². The molecule has 100 valence electrons. The molecular weight excluding hydrogens is 312 g/mol. The number of anilines is 1. The summed E-state index contributed by atoms with van der Waals surface area (Å²) >= 11 is 3.29. The van der Waals surface area contributed by atoms with Gasteiger partial charge in [-0.15, -0.1) is 10.2 Å². The Morgan fingerprint density at radius 3 is 2.89 bits per heavy atom. The van der Waals surface area contributed by atoms with E-state index < -0.39 is 5.97 Å². The first-order valence-corrected chi connectivity index (χ1v) is 6.46. The number of rotatable bonds is 5. The van der Waals surface area contributed by atoms with Crippen molar-refractivity contribution in [1.29, 1.82) is 0 Å². The Morgan fingerprint density at radius 2 is 2.26 bits per heavy atom. The van der Waals surface area contributed by atoms with Crippen LogP contribution in [-0.4, -0.2) is 32.4 Å². The topological polar surface area (TPSA) is 80.0 Å². The summed E-state index contributed by atoms with van der Waals surface area (Å²) < 4.78 is 2.58. The highest BCUT2D eigenvalue weighted by molar-refractivity contribution is 9.10. The Kier molecular flexibility index (Phi) is 4.16. The average Bonchev–Trinajstić information content (AvgIpc) is 2.74. The third kappa shape index (κ3) is 3.54. The molecule has 2 N–H and O–H groups in total. The van der Waals surface area contributed by atoms with Gasteiger partial charge in [0, 0.05) is 30.2 Å². The first kappa shape index (κ1) is 13.5. The molecule has 0 spiro atoms. The molecule has 0 aliphatic carbocycles. The number of benzene rings is 1. The lowest BCUT2D eigenvalue weighted by Crippen LogP contribution is -2.09. The van der Waals surface area contributed by atoms with Crippen molar-refractivity contribution < 1.29 is 9.90 Å². The van der Waals surface area contributed by atoms with Crippen LogP contribution in [-0.2, 0) is 13.5 Å². The smallest absolute Gasteiger partial charge is 0.335 e. The van der Waals surface area contributed by atoms with Crippen molar-refractivity contribution in [1.82, 2.24) is 14.8 Å². The Hall–Kier alpha value is -1.89. The lowest BCUT2D eigenvalue weighted by molar-refractivity contribution is 0.0697. The molecule has 0 aliphatic rings. The van der Waals surface area contributed by atoms with Crippen LogP contribution in [0.2, 0.25) is 0 Å². The fourth-order valence-electron chi connectivity index (χ4n) is 1.67. The summed E-state index contributed by atoms with van der Waals surface area (Å²) in [6.45, 7) is 0.655. The minimum absolute atomic E-state index is 0.246. The van der Waals surface area contributed by atoms with Crippen LogP contribution in [0.5, 0.6) is 0 Å². The highest BCUT2D eigenvalue weighted by atomic mass is 79.9. The van der Waals surface area contributed by atoms with Crippen LogP contribution in [0.15, 0.2) is 29.0 Å². The second-order valence-electron chi connectivity index (χ2n) is 4.07. The summed E-state index contributed by atoms with van der Waals surface area (Å²) in [6, 6.07) is 5.00. The number of hydrogen-bond donors (Lipinski definition) is 2. The minimum atomic E-state index is -0.947. The predicted molar refractivity (Wildman–Crippen MR) is 74.3 cm³/mol. The van der Waals surface area contributed by atoms with Crippen molar-refractivity contribution in [2.24, 2.45) is 7.05 Å². The summed E-state index contributed by atoms with van der Waals surface area (Å²) in [5, 5.41) is 19.9. The number of nitrogens with one attached hydrogen (secondary N) is 1. The van der Waals surface area contributed by atoms with Gasteiger partial charge in [-0.25, -0.2) is 4.79 Å². The van der Waals surface area contributed by atoms with Gasteiger partial charge < -0.3 is 15.0 Å².